The normalized spacial score (nSPS) is 48.7. The van der Waals surface area contributed by atoms with Gasteiger partial charge < -0.3 is 14.6 Å². The van der Waals surface area contributed by atoms with Crippen molar-refractivity contribution >= 4 is 11.9 Å². The zero-order valence-corrected chi connectivity index (χ0v) is 15.5. The van der Waals surface area contributed by atoms with Gasteiger partial charge in [-0.3, -0.25) is 9.59 Å². The minimum Gasteiger partial charge on any atom is -0.462 e. The number of hydrogen-bond acceptors (Lipinski definition) is 5. The van der Waals surface area contributed by atoms with Gasteiger partial charge in [-0.05, 0) is 24.2 Å². The Morgan fingerprint density at radius 1 is 0.958 bits per heavy atom. The van der Waals surface area contributed by atoms with Gasteiger partial charge in [-0.1, -0.05) is 27.7 Å². The highest BCUT2D eigenvalue weighted by atomic mass is 16.5. The number of carbonyl (C=O) groups excluding carboxylic acids is 2. The molecule has 0 aromatic rings. The summed E-state index contributed by atoms with van der Waals surface area (Å²) in [5, 5.41) is 11.0. The van der Waals surface area contributed by atoms with Crippen LogP contribution in [0.5, 0.6) is 0 Å². The number of aliphatic hydroxyl groups is 1. The molecule has 4 bridgehead atoms. The van der Waals surface area contributed by atoms with Gasteiger partial charge in [-0.2, -0.15) is 0 Å². The van der Waals surface area contributed by atoms with Crippen molar-refractivity contribution in [1.29, 1.82) is 0 Å². The molecule has 8 atom stereocenters. The van der Waals surface area contributed by atoms with E-state index in [9.17, 15) is 14.7 Å². The summed E-state index contributed by atoms with van der Waals surface area (Å²) in [5.74, 6) is 0.547. The SMILES string of the molecule is CC(=O)O[C@@H]1C[C@H](C)[C@H]2[C@H]3[C@@H]1[C@]2(C)[C@H](O)C[C@@H](OC(C)=O)C3(C)C. The zero-order chi connectivity index (χ0) is 18.0. The van der Waals surface area contributed by atoms with Crippen LogP contribution in [0.15, 0.2) is 0 Å². The first-order chi connectivity index (χ1) is 11.0. The Balaban J connectivity index is 2.02. The number of rotatable bonds is 2. The predicted octanol–water partition coefficient (Wildman–Crippen LogP) is 2.55. The van der Waals surface area contributed by atoms with Crippen molar-refractivity contribution in [3.05, 3.63) is 0 Å². The Hall–Kier alpha value is -1.10. The number of hydrogen-bond donors (Lipinski definition) is 1. The summed E-state index contributed by atoms with van der Waals surface area (Å²) < 4.78 is 11.3. The minimum atomic E-state index is -0.560. The van der Waals surface area contributed by atoms with Gasteiger partial charge in [0.1, 0.15) is 12.2 Å². The molecular weight excluding hydrogens is 308 g/mol. The molecule has 0 radical (unpaired) electrons. The van der Waals surface area contributed by atoms with Gasteiger partial charge >= 0.3 is 11.9 Å². The van der Waals surface area contributed by atoms with Crippen LogP contribution in [0, 0.1) is 34.5 Å². The maximum Gasteiger partial charge on any atom is 0.302 e. The van der Waals surface area contributed by atoms with Crippen LogP contribution in [-0.4, -0.2) is 35.4 Å². The lowest BCUT2D eigenvalue weighted by Crippen LogP contribution is -2.71. The summed E-state index contributed by atoms with van der Waals surface area (Å²) in [6, 6.07) is 0. The largest absolute Gasteiger partial charge is 0.462 e. The Morgan fingerprint density at radius 3 is 2.08 bits per heavy atom. The first kappa shape index (κ1) is 17.7. The summed E-state index contributed by atoms with van der Waals surface area (Å²) in [6.07, 6.45) is 0.263. The molecule has 4 aliphatic rings. The highest BCUT2D eigenvalue weighted by Gasteiger charge is 2.75. The van der Waals surface area contributed by atoms with E-state index in [2.05, 4.69) is 27.7 Å². The van der Waals surface area contributed by atoms with Gasteiger partial charge in [-0.15, -0.1) is 0 Å². The molecule has 4 fully saturated rings. The Bertz CT molecular complexity index is 556. The molecule has 0 heterocycles. The molecule has 24 heavy (non-hydrogen) atoms. The second-order valence-electron chi connectivity index (χ2n) is 8.98. The number of carbonyl (C=O) groups is 2. The number of aliphatic hydroxyl groups excluding tert-OH is 1. The molecular formula is C19H30O5. The van der Waals surface area contributed by atoms with Crippen LogP contribution < -0.4 is 0 Å². The molecule has 0 unspecified atom stereocenters. The van der Waals surface area contributed by atoms with Crippen LogP contribution in [0.25, 0.3) is 0 Å². The van der Waals surface area contributed by atoms with Crippen LogP contribution in [0.2, 0.25) is 0 Å². The van der Waals surface area contributed by atoms with Gasteiger partial charge in [0.05, 0.1) is 6.10 Å². The Morgan fingerprint density at radius 2 is 1.54 bits per heavy atom. The molecule has 5 nitrogen and oxygen atoms in total. The van der Waals surface area contributed by atoms with E-state index in [1.807, 2.05) is 0 Å². The molecule has 5 heteroatoms. The smallest absolute Gasteiger partial charge is 0.302 e. The lowest BCUT2D eigenvalue weighted by Gasteiger charge is -2.70. The Kier molecular flexibility index (Phi) is 4.02. The quantitative estimate of drug-likeness (QED) is 0.783. The van der Waals surface area contributed by atoms with Crippen molar-refractivity contribution in [2.45, 2.75) is 72.7 Å². The zero-order valence-electron chi connectivity index (χ0n) is 15.5. The van der Waals surface area contributed by atoms with Crippen LogP contribution >= 0.6 is 0 Å². The van der Waals surface area contributed by atoms with Crippen LogP contribution in [-0.2, 0) is 19.1 Å². The second-order valence-corrected chi connectivity index (χ2v) is 8.98. The fraction of sp³-hybridized carbons (Fsp3) is 0.895. The molecule has 4 rings (SSSR count). The summed E-state index contributed by atoms with van der Waals surface area (Å²) in [5.41, 5.74) is -0.542. The van der Waals surface area contributed by atoms with Gasteiger partial charge in [0.2, 0.25) is 0 Å². The van der Waals surface area contributed by atoms with Crippen molar-refractivity contribution < 1.29 is 24.2 Å². The van der Waals surface area contributed by atoms with Crippen LogP contribution in [0.1, 0.15) is 54.4 Å². The molecule has 1 N–H and O–H groups in total. The summed E-state index contributed by atoms with van der Waals surface area (Å²) in [4.78, 5) is 23.2. The van der Waals surface area contributed by atoms with Gasteiger partial charge in [-0.25, -0.2) is 0 Å². The Labute approximate surface area is 144 Å². The minimum absolute atomic E-state index is 0.119. The van der Waals surface area contributed by atoms with Crippen molar-refractivity contribution in [1.82, 2.24) is 0 Å². The highest BCUT2D eigenvalue weighted by Crippen LogP contribution is 2.74. The van der Waals surface area contributed by atoms with E-state index in [4.69, 9.17) is 9.47 Å². The van der Waals surface area contributed by atoms with Gasteiger partial charge in [0.25, 0.3) is 0 Å². The van der Waals surface area contributed by atoms with E-state index >= 15 is 0 Å². The molecule has 0 aliphatic heterocycles. The number of ether oxygens (including phenoxy) is 2. The van der Waals surface area contributed by atoms with E-state index in [-0.39, 0.29) is 46.8 Å². The highest BCUT2D eigenvalue weighted by molar-refractivity contribution is 5.66. The van der Waals surface area contributed by atoms with E-state index in [0.717, 1.165) is 6.42 Å². The molecule has 0 aromatic carbocycles. The van der Waals surface area contributed by atoms with Crippen molar-refractivity contribution in [2.75, 3.05) is 0 Å². The maximum absolute atomic E-state index is 11.6. The van der Waals surface area contributed by atoms with Crippen molar-refractivity contribution in [3.63, 3.8) is 0 Å². The van der Waals surface area contributed by atoms with Crippen molar-refractivity contribution in [3.8, 4) is 0 Å². The fourth-order valence-electron chi connectivity index (χ4n) is 6.44. The van der Waals surface area contributed by atoms with Gasteiger partial charge in [0, 0.05) is 37.0 Å². The number of fused-ring (bicyclic) bond motifs is 2. The molecule has 136 valence electrons. The molecule has 0 spiro atoms. The third kappa shape index (κ3) is 2.23. The standard InChI is InChI=1S/C19H30O5/c1-9-7-12(23-10(2)20)16-17-15(9)19(16,6)13(22)8-14(18(17,4)5)24-11(3)21/h9,12-17,22H,7-8H2,1-6H3/t9-,12+,13+,14+,15-,16+,17-,19+/m0/s1. The first-order valence-corrected chi connectivity index (χ1v) is 9.03. The average Bonchev–Trinajstić information content (AvgIpc) is 2.50. The third-order valence-corrected chi connectivity index (χ3v) is 7.30. The fourth-order valence-corrected chi connectivity index (χ4v) is 6.44. The summed E-state index contributed by atoms with van der Waals surface area (Å²) in [7, 11) is 0. The summed E-state index contributed by atoms with van der Waals surface area (Å²) in [6.45, 7) is 11.4. The number of esters is 2. The van der Waals surface area contributed by atoms with Crippen LogP contribution in [0.3, 0.4) is 0 Å². The van der Waals surface area contributed by atoms with Gasteiger partial charge in [0.15, 0.2) is 0 Å². The lowest BCUT2D eigenvalue weighted by atomic mass is 9.35. The summed E-state index contributed by atoms with van der Waals surface area (Å²) >= 11 is 0. The average molecular weight is 338 g/mol. The molecule has 0 aromatic heterocycles. The second kappa shape index (κ2) is 5.45. The van der Waals surface area contributed by atoms with E-state index in [1.165, 1.54) is 13.8 Å². The van der Waals surface area contributed by atoms with E-state index in [1.54, 1.807) is 0 Å². The monoisotopic (exact) mass is 338 g/mol. The lowest BCUT2D eigenvalue weighted by molar-refractivity contribution is -0.283. The van der Waals surface area contributed by atoms with E-state index < -0.39 is 6.10 Å². The predicted molar refractivity (Wildman–Crippen MR) is 87.9 cm³/mol. The molecule has 4 aliphatic carbocycles. The van der Waals surface area contributed by atoms with Crippen molar-refractivity contribution in [2.24, 2.45) is 34.5 Å². The molecule has 0 saturated heterocycles. The first-order valence-electron chi connectivity index (χ1n) is 9.03. The molecule has 0 amide bonds. The third-order valence-electron chi connectivity index (χ3n) is 7.30. The molecule has 4 saturated carbocycles. The maximum atomic E-state index is 11.6. The topological polar surface area (TPSA) is 72.8 Å². The van der Waals surface area contributed by atoms with E-state index in [0.29, 0.717) is 18.3 Å². The van der Waals surface area contributed by atoms with Crippen LogP contribution in [0.4, 0.5) is 0 Å².